The van der Waals surface area contributed by atoms with Crippen LogP contribution in [0.2, 0.25) is 0 Å². The van der Waals surface area contributed by atoms with Crippen molar-refractivity contribution in [2.24, 2.45) is 0 Å². The van der Waals surface area contributed by atoms with E-state index in [9.17, 15) is 4.79 Å². The number of nitrogens with one attached hydrogen (secondary N) is 1. The fraction of sp³-hybridized carbons (Fsp3) is 0.222. The van der Waals surface area contributed by atoms with E-state index in [1.54, 1.807) is 11.8 Å². The normalized spacial score (nSPS) is 15.9. The quantitative estimate of drug-likeness (QED) is 0.773. The molecule has 0 saturated heterocycles. The summed E-state index contributed by atoms with van der Waals surface area (Å²) in [4.78, 5) is 12.5. The lowest BCUT2D eigenvalue weighted by molar-refractivity contribution is 0.0954. The molecular formula is C9H8BrNOS. The Hall–Kier alpha value is -0.480. The third-order valence-corrected chi connectivity index (χ3v) is 3.38. The van der Waals surface area contributed by atoms with Gasteiger partial charge in [-0.25, -0.2) is 0 Å². The topological polar surface area (TPSA) is 29.1 Å². The van der Waals surface area contributed by atoms with E-state index in [0.29, 0.717) is 0 Å². The van der Waals surface area contributed by atoms with Gasteiger partial charge in [-0.2, -0.15) is 0 Å². The molecule has 1 aliphatic rings. The highest BCUT2D eigenvalue weighted by molar-refractivity contribution is 9.10. The average Bonchev–Trinajstić information content (AvgIpc) is 2.28. The van der Waals surface area contributed by atoms with Crippen LogP contribution in [0.5, 0.6) is 0 Å². The van der Waals surface area contributed by atoms with Crippen LogP contribution in [-0.4, -0.2) is 18.2 Å². The first-order valence-corrected chi connectivity index (χ1v) is 5.76. The van der Waals surface area contributed by atoms with Gasteiger partial charge in [0.15, 0.2) is 0 Å². The summed E-state index contributed by atoms with van der Waals surface area (Å²) >= 11 is 5.10. The first kappa shape index (κ1) is 9.09. The molecular weight excluding hydrogens is 250 g/mol. The highest BCUT2D eigenvalue weighted by Gasteiger charge is 2.14. The molecule has 0 aliphatic carbocycles. The van der Waals surface area contributed by atoms with Crippen LogP contribution < -0.4 is 5.32 Å². The van der Waals surface area contributed by atoms with Gasteiger partial charge in [0.05, 0.1) is 5.56 Å². The van der Waals surface area contributed by atoms with Crippen LogP contribution in [0, 0.1) is 0 Å². The van der Waals surface area contributed by atoms with Crippen molar-refractivity contribution in [2.45, 2.75) is 4.90 Å². The highest BCUT2D eigenvalue weighted by Crippen LogP contribution is 2.27. The molecule has 2 rings (SSSR count). The molecule has 2 nitrogen and oxygen atoms in total. The predicted octanol–water partition coefficient (Wildman–Crippen LogP) is 2.28. The Morgan fingerprint density at radius 3 is 3.15 bits per heavy atom. The van der Waals surface area contributed by atoms with E-state index >= 15 is 0 Å². The van der Waals surface area contributed by atoms with Crippen molar-refractivity contribution in [2.75, 3.05) is 12.3 Å². The summed E-state index contributed by atoms with van der Waals surface area (Å²) in [6, 6.07) is 5.74. The lowest BCUT2D eigenvalue weighted by atomic mass is 10.2. The summed E-state index contributed by atoms with van der Waals surface area (Å²) in [6.07, 6.45) is 0. The second-order valence-electron chi connectivity index (χ2n) is 2.74. The number of fused-ring (bicyclic) bond motifs is 1. The number of carbonyl (C=O) groups excluding carboxylic acids is 1. The molecule has 0 fully saturated rings. The molecule has 1 amide bonds. The summed E-state index contributed by atoms with van der Waals surface area (Å²) in [6.45, 7) is 0.746. The van der Waals surface area contributed by atoms with Crippen molar-refractivity contribution in [3.8, 4) is 0 Å². The van der Waals surface area contributed by atoms with E-state index in [-0.39, 0.29) is 5.91 Å². The molecule has 0 unspecified atom stereocenters. The van der Waals surface area contributed by atoms with Gasteiger partial charge in [0.2, 0.25) is 0 Å². The van der Waals surface area contributed by atoms with E-state index in [4.69, 9.17) is 0 Å². The number of benzene rings is 1. The minimum atomic E-state index is 0.0347. The highest BCUT2D eigenvalue weighted by atomic mass is 79.9. The number of hydrogen-bond donors (Lipinski definition) is 1. The standard InChI is InChI=1S/C9H8BrNOS/c10-6-1-2-7-8(5-6)13-4-3-11-9(7)12/h1-2,5H,3-4H2,(H,11,12). The second-order valence-corrected chi connectivity index (χ2v) is 4.80. The van der Waals surface area contributed by atoms with Gasteiger partial charge in [0.1, 0.15) is 0 Å². The summed E-state index contributed by atoms with van der Waals surface area (Å²) < 4.78 is 1.02. The molecule has 4 heteroatoms. The van der Waals surface area contributed by atoms with E-state index in [1.807, 2.05) is 18.2 Å². The summed E-state index contributed by atoms with van der Waals surface area (Å²) in [5.74, 6) is 0.974. The first-order chi connectivity index (χ1) is 6.27. The van der Waals surface area contributed by atoms with Crippen LogP contribution in [0.1, 0.15) is 10.4 Å². The van der Waals surface area contributed by atoms with E-state index in [2.05, 4.69) is 21.2 Å². The predicted molar refractivity (Wildman–Crippen MR) is 57.2 cm³/mol. The largest absolute Gasteiger partial charge is 0.351 e. The lowest BCUT2D eigenvalue weighted by Crippen LogP contribution is -2.23. The molecule has 13 heavy (non-hydrogen) atoms. The van der Waals surface area contributed by atoms with Crippen LogP contribution in [-0.2, 0) is 0 Å². The van der Waals surface area contributed by atoms with Crippen LogP contribution in [0.3, 0.4) is 0 Å². The molecule has 0 atom stereocenters. The first-order valence-electron chi connectivity index (χ1n) is 3.98. The Morgan fingerprint density at radius 2 is 2.31 bits per heavy atom. The summed E-state index contributed by atoms with van der Waals surface area (Å²) in [5.41, 5.74) is 0.783. The molecule has 1 aliphatic heterocycles. The Morgan fingerprint density at radius 1 is 1.46 bits per heavy atom. The number of amides is 1. The Bertz CT molecular complexity index is 353. The van der Waals surface area contributed by atoms with Crippen molar-refractivity contribution in [1.82, 2.24) is 5.32 Å². The molecule has 0 saturated carbocycles. The van der Waals surface area contributed by atoms with Crippen molar-refractivity contribution >= 4 is 33.6 Å². The Balaban J connectivity index is 2.48. The number of halogens is 1. The van der Waals surface area contributed by atoms with Gasteiger partial charge in [-0.3, -0.25) is 4.79 Å². The fourth-order valence-electron chi connectivity index (χ4n) is 1.22. The minimum absolute atomic E-state index is 0.0347. The van der Waals surface area contributed by atoms with Crippen molar-refractivity contribution in [3.63, 3.8) is 0 Å². The minimum Gasteiger partial charge on any atom is -0.351 e. The number of rotatable bonds is 0. The zero-order chi connectivity index (χ0) is 9.26. The summed E-state index contributed by atoms with van der Waals surface area (Å²) in [7, 11) is 0. The molecule has 0 bridgehead atoms. The molecule has 0 radical (unpaired) electrons. The van der Waals surface area contributed by atoms with Crippen LogP contribution in [0.25, 0.3) is 0 Å². The zero-order valence-electron chi connectivity index (χ0n) is 6.84. The molecule has 1 N–H and O–H groups in total. The molecule has 68 valence electrons. The van der Waals surface area contributed by atoms with Gasteiger partial charge in [-0.15, -0.1) is 11.8 Å². The van der Waals surface area contributed by atoms with Crippen LogP contribution >= 0.6 is 27.7 Å². The molecule has 0 aromatic heterocycles. The van der Waals surface area contributed by atoms with Gasteiger partial charge in [0, 0.05) is 21.7 Å². The van der Waals surface area contributed by atoms with Crippen molar-refractivity contribution in [3.05, 3.63) is 28.2 Å². The van der Waals surface area contributed by atoms with E-state index in [1.165, 1.54) is 0 Å². The summed E-state index contributed by atoms with van der Waals surface area (Å²) in [5, 5.41) is 2.85. The lowest BCUT2D eigenvalue weighted by Gasteiger charge is -2.02. The maximum Gasteiger partial charge on any atom is 0.252 e. The average molecular weight is 258 g/mol. The smallest absolute Gasteiger partial charge is 0.252 e. The molecule has 1 aromatic carbocycles. The van der Waals surface area contributed by atoms with Crippen LogP contribution in [0.15, 0.2) is 27.6 Å². The monoisotopic (exact) mass is 257 g/mol. The van der Waals surface area contributed by atoms with Gasteiger partial charge >= 0.3 is 0 Å². The van der Waals surface area contributed by atoms with E-state index in [0.717, 1.165) is 27.2 Å². The van der Waals surface area contributed by atoms with Gasteiger partial charge in [0.25, 0.3) is 5.91 Å². The van der Waals surface area contributed by atoms with Crippen LogP contribution in [0.4, 0.5) is 0 Å². The van der Waals surface area contributed by atoms with Gasteiger partial charge in [-0.05, 0) is 18.2 Å². The molecule has 1 heterocycles. The number of thioether (sulfide) groups is 1. The number of hydrogen-bond acceptors (Lipinski definition) is 2. The zero-order valence-corrected chi connectivity index (χ0v) is 9.24. The molecule has 0 spiro atoms. The van der Waals surface area contributed by atoms with Crippen molar-refractivity contribution < 1.29 is 4.79 Å². The van der Waals surface area contributed by atoms with Gasteiger partial charge in [-0.1, -0.05) is 15.9 Å². The number of carbonyl (C=O) groups is 1. The third-order valence-electron chi connectivity index (χ3n) is 1.83. The van der Waals surface area contributed by atoms with Gasteiger partial charge < -0.3 is 5.32 Å². The molecule has 1 aromatic rings. The second kappa shape index (κ2) is 3.72. The SMILES string of the molecule is O=C1NCCSc2cc(Br)ccc21. The van der Waals surface area contributed by atoms with Crippen molar-refractivity contribution in [1.29, 1.82) is 0 Å². The Kier molecular flexibility index (Phi) is 2.60. The fourth-order valence-corrected chi connectivity index (χ4v) is 2.69. The maximum absolute atomic E-state index is 11.5. The maximum atomic E-state index is 11.5. The Labute approximate surface area is 89.2 Å². The van der Waals surface area contributed by atoms with E-state index < -0.39 is 0 Å². The third kappa shape index (κ3) is 1.89.